The van der Waals surface area contributed by atoms with Crippen molar-refractivity contribution in [1.82, 2.24) is 9.97 Å². The van der Waals surface area contributed by atoms with Crippen LogP contribution in [0.4, 0.5) is 5.69 Å². The number of nitrogens with zero attached hydrogens (tertiary/aromatic N) is 2. The number of rotatable bonds is 4. The van der Waals surface area contributed by atoms with Crippen molar-refractivity contribution in [1.29, 1.82) is 0 Å². The zero-order valence-corrected chi connectivity index (χ0v) is 12.1. The van der Waals surface area contributed by atoms with Crippen molar-refractivity contribution < 1.29 is 4.74 Å². The topological polar surface area (TPSA) is 61.0 Å². The van der Waals surface area contributed by atoms with Crippen LogP contribution in [0.15, 0.2) is 29.4 Å². The van der Waals surface area contributed by atoms with Crippen LogP contribution >= 0.6 is 11.8 Å². The lowest BCUT2D eigenvalue weighted by atomic mass is 10.2. The van der Waals surface area contributed by atoms with E-state index >= 15 is 0 Å². The number of aryl methyl sites for hydroxylation is 2. The van der Waals surface area contributed by atoms with E-state index in [0.29, 0.717) is 5.69 Å². The highest BCUT2D eigenvalue weighted by Gasteiger charge is 2.06. The summed E-state index contributed by atoms with van der Waals surface area (Å²) in [4.78, 5) is 8.82. The molecule has 0 atom stereocenters. The molecule has 0 aliphatic heterocycles. The Hall–Kier alpha value is -1.75. The molecule has 0 spiro atoms. The number of thioether (sulfide) groups is 1. The van der Waals surface area contributed by atoms with Gasteiger partial charge in [-0.25, -0.2) is 9.97 Å². The van der Waals surface area contributed by atoms with Crippen LogP contribution in [0.3, 0.4) is 0 Å². The minimum Gasteiger partial charge on any atom is -0.496 e. The number of benzene rings is 1. The van der Waals surface area contributed by atoms with Crippen molar-refractivity contribution >= 4 is 17.4 Å². The fourth-order valence-electron chi connectivity index (χ4n) is 1.78. The standard InChI is InChI=1S/C14H17N3OS/c1-9-6-10(2)17-14(16-9)19-8-11-4-5-12(15)7-13(11)18-3/h4-7H,8,15H2,1-3H3. The van der Waals surface area contributed by atoms with E-state index in [1.165, 1.54) is 0 Å². The van der Waals surface area contributed by atoms with Crippen LogP contribution in [0, 0.1) is 13.8 Å². The fourth-order valence-corrected chi connectivity index (χ4v) is 2.72. The highest BCUT2D eigenvalue weighted by molar-refractivity contribution is 7.98. The van der Waals surface area contributed by atoms with E-state index in [0.717, 1.165) is 33.6 Å². The van der Waals surface area contributed by atoms with Crippen molar-refractivity contribution in [2.75, 3.05) is 12.8 Å². The third-order valence-corrected chi connectivity index (χ3v) is 3.53. The molecule has 0 fully saturated rings. The minimum atomic E-state index is 0.702. The van der Waals surface area contributed by atoms with E-state index in [-0.39, 0.29) is 0 Å². The molecule has 1 heterocycles. The van der Waals surface area contributed by atoms with Gasteiger partial charge in [0.15, 0.2) is 5.16 Å². The van der Waals surface area contributed by atoms with Gasteiger partial charge in [-0.1, -0.05) is 17.8 Å². The summed E-state index contributed by atoms with van der Waals surface area (Å²) in [6, 6.07) is 7.65. The number of anilines is 1. The molecule has 1 aromatic heterocycles. The second kappa shape index (κ2) is 5.93. The molecule has 0 bridgehead atoms. The van der Waals surface area contributed by atoms with E-state index < -0.39 is 0 Å². The second-order valence-corrected chi connectivity index (χ2v) is 5.24. The molecular weight excluding hydrogens is 258 g/mol. The summed E-state index contributed by atoms with van der Waals surface area (Å²) in [6.45, 7) is 3.95. The number of methoxy groups -OCH3 is 1. The number of hydrogen-bond donors (Lipinski definition) is 1. The zero-order valence-electron chi connectivity index (χ0n) is 11.3. The molecular formula is C14H17N3OS. The summed E-state index contributed by atoms with van der Waals surface area (Å²) < 4.78 is 5.33. The van der Waals surface area contributed by atoms with E-state index in [1.54, 1.807) is 18.9 Å². The number of ether oxygens (including phenoxy) is 1. The quantitative estimate of drug-likeness (QED) is 0.528. The normalized spacial score (nSPS) is 10.5. The van der Waals surface area contributed by atoms with E-state index in [1.807, 2.05) is 38.1 Å². The molecule has 2 rings (SSSR count). The summed E-state index contributed by atoms with van der Waals surface area (Å²) in [5, 5.41) is 0.788. The van der Waals surface area contributed by atoms with E-state index in [9.17, 15) is 0 Å². The Balaban J connectivity index is 2.14. The predicted molar refractivity (Wildman–Crippen MR) is 78.5 cm³/mol. The lowest BCUT2D eigenvalue weighted by Gasteiger charge is -2.09. The Kier molecular flexibility index (Phi) is 4.27. The SMILES string of the molecule is COc1cc(N)ccc1CSc1nc(C)cc(C)n1. The minimum absolute atomic E-state index is 0.702. The van der Waals surface area contributed by atoms with Gasteiger partial charge in [0.1, 0.15) is 5.75 Å². The van der Waals surface area contributed by atoms with Gasteiger partial charge in [0.05, 0.1) is 7.11 Å². The molecule has 0 saturated heterocycles. The number of nitrogens with two attached hydrogens (primary N) is 1. The van der Waals surface area contributed by atoms with Gasteiger partial charge in [-0.05, 0) is 26.0 Å². The molecule has 2 N–H and O–H groups in total. The average Bonchev–Trinajstić information content (AvgIpc) is 2.36. The van der Waals surface area contributed by atoms with Crippen molar-refractivity contribution in [3.05, 3.63) is 41.2 Å². The monoisotopic (exact) mass is 275 g/mol. The smallest absolute Gasteiger partial charge is 0.188 e. The molecule has 0 unspecified atom stereocenters. The summed E-state index contributed by atoms with van der Waals surface area (Å²) >= 11 is 1.59. The maximum Gasteiger partial charge on any atom is 0.188 e. The number of nitrogen functional groups attached to an aromatic ring is 1. The van der Waals surface area contributed by atoms with Crippen LogP contribution in [0.2, 0.25) is 0 Å². The van der Waals surface area contributed by atoms with Crippen molar-refractivity contribution in [3.63, 3.8) is 0 Å². The largest absolute Gasteiger partial charge is 0.496 e. The summed E-state index contributed by atoms with van der Waals surface area (Å²) in [7, 11) is 1.65. The molecule has 0 aliphatic rings. The first-order valence-corrected chi connectivity index (χ1v) is 6.94. The molecule has 2 aromatic rings. The first-order chi connectivity index (χ1) is 9.08. The number of hydrogen-bond acceptors (Lipinski definition) is 5. The molecule has 1 aromatic carbocycles. The second-order valence-electron chi connectivity index (χ2n) is 4.29. The van der Waals surface area contributed by atoms with Gasteiger partial charge in [-0.15, -0.1) is 0 Å². The summed E-state index contributed by atoms with van der Waals surface area (Å²) in [6.07, 6.45) is 0. The highest BCUT2D eigenvalue weighted by atomic mass is 32.2. The average molecular weight is 275 g/mol. The third kappa shape index (κ3) is 3.61. The molecule has 0 amide bonds. The Morgan fingerprint density at radius 2 is 1.84 bits per heavy atom. The lowest BCUT2D eigenvalue weighted by molar-refractivity contribution is 0.411. The van der Waals surface area contributed by atoms with Gasteiger partial charge in [-0.2, -0.15) is 0 Å². The molecule has 4 nitrogen and oxygen atoms in total. The molecule has 0 radical (unpaired) electrons. The summed E-state index contributed by atoms with van der Waals surface area (Å²) in [5.41, 5.74) is 9.50. The van der Waals surface area contributed by atoms with Gasteiger partial charge < -0.3 is 10.5 Å². The van der Waals surface area contributed by atoms with Crippen LogP contribution in [-0.4, -0.2) is 17.1 Å². The Labute approximate surface area is 117 Å². The molecule has 19 heavy (non-hydrogen) atoms. The van der Waals surface area contributed by atoms with Crippen LogP contribution in [0.5, 0.6) is 5.75 Å². The van der Waals surface area contributed by atoms with E-state index in [2.05, 4.69) is 9.97 Å². The maximum atomic E-state index is 5.74. The highest BCUT2D eigenvalue weighted by Crippen LogP contribution is 2.28. The first-order valence-electron chi connectivity index (χ1n) is 5.96. The Morgan fingerprint density at radius 1 is 1.16 bits per heavy atom. The van der Waals surface area contributed by atoms with Crippen LogP contribution in [0.25, 0.3) is 0 Å². The van der Waals surface area contributed by atoms with Crippen molar-refractivity contribution in [2.24, 2.45) is 0 Å². The first kappa shape index (κ1) is 13.7. The van der Waals surface area contributed by atoms with Crippen LogP contribution in [0.1, 0.15) is 17.0 Å². The van der Waals surface area contributed by atoms with Crippen LogP contribution in [-0.2, 0) is 5.75 Å². The molecule has 5 heteroatoms. The van der Waals surface area contributed by atoms with Crippen molar-refractivity contribution in [3.8, 4) is 5.75 Å². The maximum absolute atomic E-state index is 5.74. The number of aromatic nitrogens is 2. The van der Waals surface area contributed by atoms with Crippen molar-refractivity contribution in [2.45, 2.75) is 24.8 Å². The van der Waals surface area contributed by atoms with Gasteiger partial charge >= 0.3 is 0 Å². The Bertz CT molecular complexity index is 567. The molecule has 0 aliphatic carbocycles. The lowest BCUT2D eigenvalue weighted by Crippen LogP contribution is -1.96. The van der Waals surface area contributed by atoms with E-state index in [4.69, 9.17) is 10.5 Å². The van der Waals surface area contributed by atoms with Gasteiger partial charge in [-0.3, -0.25) is 0 Å². The Morgan fingerprint density at radius 3 is 2.47 bits per heavy atom. The predicted octanol–water partition coefficient (Wildman–Crippen LogP) is 2.98. The molecule has 100 valence electrons. The van der Waals surface area contributed by atoms with Gasteiger partial charge in [0.25, 0.3) is 0 Å². The zero-order chi connectivity index (χ0) is 13.8. The fraction of sp³-hybridized carbons (Fsp3) is 0.286. The van der Waals surface area contributed by atoms with Gasteiger partial charge in [0.2, 0.25) is 0 Å². The summed E-state index contributed by atoms with van der Waals surface area (Å²) in [5.74, 6) is 1.56. The van der Waals surface area contributed by atoms with Gasteiger partial charge in [0, 0.05) is 34.5 Å². The van der Waals surface area contributed by atoms with Crippen LogP contribution < -0.4 is 10.5 Å². The third-order valence-electron chi connectivity index (χ3n) is 2.63. The molecule has 0 saturated carbocycles.